The molecule has 0 aliphatic carbocycles. The third-order valence-electron chi connectivity index (χ3n) is 5.93. The highest BCUT2D eigenvalue weighted by Crippen LogP contribution is 2.38. The fraction of sp³-hybridized carbons (Fsp3) is 0.259. The Balaban J connectivity index is 1.85. The fourth-order valence-electron chi connectivity index (χ4n) is 3.94. The van der Waals surface area contributed by atoms with E-state index in [2.05, 4.69) is 11.3 Å². The van der Waals surface area contributed by atoms with E-state index in [-0.39, 0.29) is 38.4 Å². The number of carbonyl (C=O) groups is 2. The normalized spacial score (nSPS) is 11.0. The van der Waals surface area contributed by atoms with Gasteiger partial charge in [0.15, 0.2) is 6.61 Å². The highest BCUT2D eigenvalue weighted by molar-refractivity contribution is 7.92. The number of Topliss-reactive ketones (excluding diaryl/α,β-unsaturated/α-hetero) is 1. The molecule has 10 nitrogen and oxygen atoms in total. The molecular formula is C27H29ClN2O8S. The molecule has 0 saturated carbocycles. The second kappa shape index (κ2) is 12.3. The topological polar surface area (TPSA) is 122 Å². The van der Waals surface area contributed by atoms with Crippen molar-refractivity contribution in [2.75, 3.05) is 32.7 Å². The number of carbonyl (C=O) groups excluding carboxylic acids is 2. The molecule has 0 aliphatic rings. The molecule has 1 heterocycles. The zero-order chi connectivity index (χ0) is 28.9. The molecule has 1 N–H and O–H groups in total. The molecule has 0 aliphatic heterocycles. The largest absolute Gasteiger partial charge is 0.495 e. The number of hydrogen-bond donors (Lipinski definition) is 1. The number of allylic oxidation sites excluding steroid dienone is 1. The van der Waals surface area contributed by atoms with E-state index in [0.29, 0.717) is 12.1 Å². The molecule has 12 heteroatoms. The molecule has 3 rings (SSSR count). The fourth-order valence-corrected chi connectivity index (χ4v) is 5.44. The van der Waals surface area contributed by atoms with Gasteiger partial charge in [-0.3, -0.25) is 9.52 Å². The van der Waals surface area contributed by atoms with Crippen LogP contribution in [0.5, 0.6) is 17.2 Å². The molecule has 0 bridgehead atoms. The van der Waals surface area contributed by atoms with Crippen LogP contribution < -0.4 is 18.9 Å². The Morgan fingerprint density at radius 3 is 2.28 bits per heavy atom. The van der Waals surface area contributed by atoms with Crippen LogP contribution in [-0.4, -0.2) is 52.7 Å². The molecule has 3 aromatic rings. The first-order valence-electron chi connectivity index (χ1n) is 11.6. The van der Waals surface area contributed by atoms with Gasteiger partial charge in [0.05, 0.1) is 37.6 Å². The lowest BCUT2D eigenvalue weighted by Gasteiger charge is -2.16. The number of ether oxygens (including phenoxy) is 4. The molecule has 0 fully saturated rings. The number of sulfonamides is 1. The number of aryl methyl sites for hydroxylation is 1. The molecule has 0 saturated heterocycles. The Kier molecular flexibility index (Phi) is 9.31. The minimum atomic E-state index is -4.31. The molecule has 208 valence electrons. The Morgan fingerprint density at radius 2 is 1.67 bits per heavy atom. The monoisotopic (exact) mass is 576 g/mol. The van der Waals surface area contributed by atoms with Crippen molar-refractivity contribution in [3.8, 4) is 17.2 Å². The van der Waals surface area contributed by atoms with Crippen molar-refractivity contribution in [3.05, 3.63) is 76.6 Å². The summed E-state index contributed by atoms with van der Waals surface area (Å²) >= 11 is 6.16. The van der Waals surface area contributed by atoms with Gasteiger partial charge in [0, 0.05) is 29.6 Å². The van der Waals surface area contributed by atoms with E-state index in [9.17, 15) is 18.0 Å². The first-order chi connectivity index (χ1) is 18.5. The van der Waals surface area contributed by atoms with Crippen molar-refractivity contribution in [3.63, 3.8) is 0 Å². The Morgan fingerprint density at radius 1 is 1.00 bits per heavy atom. The Bertz CT molecular complexity index is 1530. The lowest BCUT2D eigenvalue weighted by atomic mass is 10.1. The Hall–Kier alpha value is -3.96. The maximum absolute atomic E-state index is 13.3. The zero-order valence-corrected chi connectivity index (χ0v) is 23.7. The zero-order valence-electron chi connectivity index (χ0n) is 22.2. The number of anilines is 1. The van der Waals surface area contributed by atoms with Crippen LogP contribution in [0, 0.1) is 13.8 Å². The van der Waals surface area contributed by atoms with Crippen molar-refractivity contribution in [2.45, 2.75) is 25.3 Å². The average molecular weight is 577 g/mol. The molecule has 39 heavy (non-hydrogen) atoms. The van der Waals surface area contributed by atoms with Crippen LogP contribution in [0.4, 0.5) is 5.69 Å². The standard InChI is InChI=1S/C27H29ClN2O8S/c1-7-10-30-16(2)11-19(17(30)3)22(31)15-38-27(32)18-8-9-23(35-4)26(12-18)39(33,34)29-21-13-20(28)24(36-5)14-25(21)37-6/h7-9,11-14,29H,1,10,15H2,2-6H3. The van der Waals surface area contributed by atoms with Crippen molar-refractivity contribution in [2.24, 2.45) is 0 Å². The second-order valence-corrected chi connectivity index (χ2v) is 10.4. The highest BCUT2D eigenvalue weighted by Gasteiger charge is 2.25. The molecule has 0 unspecified atom stereocenters. The van der Waals surface area contributed by atoms with Crippen LogP contribution in [0.3, 0.4) is 0 Å². The summed E-state index contributed by atoms with van der Waals surface area (Å²) in [5.41, 5.74) is 1.97. The smallest absolute Gasteiger partial charge is 0.338 e. The van der Waals surface area contributed by atoms with Gasteiger partial charge in [-0.15, -0.1) is 6.58 Å². The molecule has 0 spiro atoms. The summed E-state index contributed by atoms with van der Waals surface area (Å²) in [6.45, 7) is 7.39. The number of nitrogens with zero attached hydrogens (tertiary/aromatic N) is 1. The quantitative estimate of drug-likeness (QED) is 0.185. The summed E-state index contributed by atoms with van der Waals surface area (Å²) in [6.07, 6.45) is 1.72. The van der Waals surface area contributed by atoms with Gasteiger partial charge in [-0.05, 0) is 44.2 Å². The number of hydrogen-bond acceptors (Lipinski definition) is 8. The summed E-state index contributed by atoms with van der Waals surface area (Å²) in [4.78, 5) is 25.2. The van der Waals surface area contributed by atoms with Crippen LogP contribution in [0.15, 0.2) is 53.9 Å². The average Bonchev–Trinajstić information content (AvgIpc) is 3.19. The first-order valence-corrected chi connectivity index (χ1v) is 13.4. The lowest BCUT2D eigenvalue weighted by molar-refractivity contribution is 0.0474. The van der Waals surface area contributed by atoms with Gasteiger partial charge >= 0.3 is 5.97 Å². The highest BCUT2D eigenvalue weighted by atomic mass is 35.5. The van der Waals surface area contributed by atoms with Crippen LogP contribution in [0.2, 0.25) is 5.02 Å². The number of rotatable bonds is 12. The maximum Gasteiger partial charge on any atom is 0.338 e. The van der Waals surface area contributed by atoms with Gasteiger partial charge in [-0.1, -0.05) is 17.7 Å². The van der Waals surface area contributed by atoms with Gasteiger partial charge in [0.2, 0.25) is 5.78 Å². The van der Waals surface area contributed by atoms with E-state index < -0.39 is 28.4 Å². The van der Waals surface area contributed by atoms with Gasteiger partial charge in [-0.2, -0.15) is 0 Å². The van der Waals surface area contributed by atoms with Crippen molar-refractivity contribution >= 4 is 39.1 Å². The van der Waals surface area contributed by atoms with Crippen molar-refractivity contribution in [1.29, 1.82) is 0 Å². The number of methoxy groups -OCH3 is 3. The lowest BCUT2D eigenvalue weighted by Crippen LogP contribution is -2.17. The van der Waals surface area contributed by atoms with E-state index in [1.807, 2.05) is 11.5 Å². The van der Waals surface area contributed by atoms with E-state index >= 15 is 0 Å². The molecule has 0 radical (unpaired) electrons. The molecular weight excluding hydrogens is 548 g/mol. The number of nitrogens with one attached hydrogen (secondary N) is 1. The van der Waals surface area contributed by atoms with Gasteiger partial charge in [0.25, 0.3) is 10.0 Å². The third-order valence-corrected chi connectivity index (χ3v) is 7.61. The predicted molar refractivity (Wildman–Crippen MR) is 147 cm³/mol. The van der Waals surface area contributed by atoms with E-state index in [0.717, 1.165) is 17.5 Å². The number of aromatic nitrogens is 1. The van der Waals surface area contributed by atoms with Gasteiger partial charge in [-0.25, -0.2) is 13.2 Å². The third kappa shape index (κ3) is 6.37. The minimum absolute atomic E-state index is 0.0247. The van der Waals surface area contributed by atoms with E-state index in [1.165, 1.54) is 45.6 Å². The van der Waals surface area contributed by atoms with E-state index in [4.69, 9.17) is 30.5 Å². The van der Waals surface area contributed by atoms with Crippen LogP contribution in [0.25, 0.3) is 0 Å². The number of esters is 1. The second-order valence-electron chi connectivity index (χ2n) is 8.34. The number of ketones is 1. The van der Waals surface area contributed by atoms with Crippen LogP contribution in [0.1, 0.15) is 32.1 Å². The molecule has 0 amide bonds. The van der Waals surface area contributed by atoms with Crippen molar-refractivity contribution in [1.82, 2.24) is 4.57 Å². The van der Waals surface area contributed by atoms with E-state index in [1.54, 1.807) is 19.1 Å². The Labute approximate surface area is 232 Å². The minimum Gasteiger partial charge on any atom is -0.495 e. The van der Waals surface area contributed by atoms with Gasteiger partial charge in [0.1, 0.15) is 22.1 Å². The molecule has 0 atom stereocenters. The van der Waals surface area contributed by atoms with Crippen LogP contribution in [-0.2, 0) is 21.3 Å². The first kappa shape index (κ1) is 29.6. The predicted octanol–water partition coefficient (Wildman–Crippen LogP) is 4.81. The number of benzene rings is 2. The summed E-state index contributed by atoms with van der Waals surface area (Å²) < 4.78 is 51.8. The molecule has 1 aromatic heterocycles. The molecule has 2 aromatic carbocycles. The summed E-state index contributed by atoms with van der Waals surface area (Å²) in [7, 11) is -0.249. The van der Waals surface area contributed by atoms with Gasteiger partial charge < -0.3 is 23.5 Å². The summed E-state index contributed by atoms with van der Waals surface area (Å²) in [5.74, 6) is -0.856. The number of halogens is 1. The summed E-state index contributed by atoms with van der Waals surface area (Å²) in [6, 6.07) is 8.23. The maximum atomic E-state index is 13.3. The summed E-state index contributed by atoms with van der Waals surface area (Å²) in [5, 5.41) is 0.148. The van der Waals surface area contributed by atoms with Crippen LogP contribution >= 0.6 is 11.6 Å². The SMILES string of the molecule is C=CCn1c(C)cc(C(=O)COC(=O)c2ccc(OC)c(S(=O)(=O)Nc3cc(Cl)c(OC)cc3OC)c2)c1C. The van der Waals surface area contributed by atoms with Crippen molar-refractivity contribution < 1.29 is 37.0 Å².